The summed E-state index contributed by atoms with van der Waals surface area (Å²) < 4.78 is 24.5. The molecule has 23 heavy (non-hydrogen) atoms. The Kier molecular flexibility index (Phi) is 5.64. The number of carbonyl (C=O) groups excluding carboxylic acids is 1. The fraction of sp³-hybridized carbons (Fsp3) is 0.857. The maximum absolute atomic E-state index is 11.9. The molecule has 0 aliphatic heterocycles. The zero-order valence-corrected chi connectivity index (χ0v) is 14.3. The summed E-state index contributed by atoms with van der Waals surface area (Å²) in [6.45, 7) is 2.34. The van der Waals surface area contributed by atoms with Crippen molar-refractivity contribution in [1.29, 1.82) is 0 Å². The molecule has 2 aliphatic carbocycles. The minimum absolute atomic E-state index is 0.0215. The Bertz CT molecular complexity index is 555. The number of carbonyl (C=O) groups is 2. The number of nitrogens with zero attached hydrogens (tertiary/aromatic N) is 1. The highest BCUT2D eigenvalue weighted by Crippen LogP contribution is 2.33. The van der Waals surface area contributed by atoms with E-state index in [0.717, 1.165) is 25.6 Å². The van der Waals surface area contributed by atoms with Crippen LogP contribution in [0, 0.1) is 5.92 Å². The van der Waals surface area contributed by atoms with Crippen LogP contribution >= 0.6 is 0 Å². The van der Waals surface area contributed by atoms with Gasteiger partial charge < -0.3 is 10.4 Å². The van der Waals surface area contributed by atoms with Gasteiger partial charge in [-0.3, -0.25) is 14.5 Å². The Hall–Kier alpha value is -1.19. The van der Waals surface area contributed by atoms with Crippen LogP contribution in [0.4, 0.5) is 0 Å². The Labute approximate surface area is 136 Å². The molecular formula is C14H25N3O5S. The highest BCUT2D eigenvalue weighted by atomic mass is 32.2. The average Bonchev–Trinajstić information content (AvgIpc) is 3.13. The molecule has 0 spiro atoms. The maximum Gasteiger partial charge on any atom is 0.317 e. The number of carboxylic acid groups (broad SMARTS) is 1. The van der Waals surface area contributed by atoms with Gasteiger partial charge in [0.1, 0.15) is 0 Å². The summed E-state index contributed by atoms with van der Waals surface area (Å²) in [6, 6.07) is -0.660. The van der Waals surface area contributed by atoms with E-state index in [1.807, 2.05) is 4.90 Å². The molecule has 0 aromatic carbocycles. The van der Waals surface area contributed by atoms with Crippen molar-refractivity contribution >= 4 is 21.9 Å². The van der Waals surface area contributed by atoms with Crippen molar-refractivity contribution < 1.29 is 23.1 Å². The van der Waals surface area contributed by atoms with Crippen molar-refractivity contribution in [3.63, 3.8) is 0 Å². The molecule has 0 aromatic heterocycles. The van der Waals surface area contributed by atoms with Crippen LogP contribution in [0.1, 0.15) is 32.6 Å². The van der Waals surface area contributed by atoms with Gasteiger partial charge in [0.15, 0.2) is 0 Å². The molecule has 9 heteroatoms. The van der Waals surface area contributed by atoms with Crippen LogP contribution in [0.3, 0.4) is 0 Å². The van der Waals surface area contributed by atoms with Crippen molar-refractivity contribution in [2.45, 2.75) is 50.7 Å². The Morgan fingerprint density at radius 1 is 1.30 bits per heavy atom. The normalized spacial score (nSPS) is 25.7. The van der Waals surface area contributed by atoms with Gasteiger partial charge in [-0.15, -0.1) is 0 Å². The molecule has 0 bridgehead atoms. The second-order valence-corrected chi connectivity index (χ2v) is 8.49. The number of hydrogen-bond acceptors (Lipinski definition) is 5. The summed E-state index contributed by atoms with van der Waals surface area (Å²) in [5.41, 5.74) is 0. The van der Waals surface area contributed by atoms with Gasteiger partial charge in [-0.25, -0.2) is 13.1 Å². The first-order valence-electron chi connectivity index (χ1n) is 7.87. The third-order valence-corrected chi connectivity index (χ3v) is 5.07. The molecule has 1 unspecified atom stereocenters. The number of carboxylic acids is 1. The van der Waals surface area contributed by atoms with Crippen molar-refractivity contribution in [2.75, 3.05) is 19.3 Å². The smallest absolute Gasteiger partial charge is 0.317 e. The lowest BCUT2D eigenvalue weighted by atomic mass is 9.85. The second-order valence-electron chi connectivity index (χ2n) is 6.71. The maximum atomic E-state index is 11.9. The molecule has 1 amide bonds. The molecular weight excluding hydrogens is 322 g/mol. The Balaban J connectivity index is 1.76. The SMILES string of the molecule is CC(NS(C)(=O)=O)C(=O)NC1CC(N(CC(=O)O)CC2CC2)C1. The number of aliphatic carboxylic acids is 1. The lowest BCUT2D eigenvalue weighted by Gasteiger charge is -2.43. The number of nitrogens with one attached hydrogen (secondary N) is 2. The fourth-order valence-electron chi connectivity index (χ4n) is 2.85. The fourth-order valence-corrected chi connectivity index (χ4v) is 3.60. The molecule has 0 aromatic rings. The zero-order chi connectivity index (χ0) is 17.2. The molecule has 0 heterocycles. The van der Waals surface area contributed by atoms with Crippen molar-refractivity contribution in [1.82, 2.24) is 14.9 Å². The van der Waals surface area contributed by atoms with E-state index in [9.17, 15) is 18.0 Å². The summed E-state index contributed by atoms with van der Waals surface area (Å²) in [5, 5.41) is 11.8. The summed E-state index contributed by atoms with van der Waals surface area (Å²) in [4.78, 5) is 24.9. The van der Waals surface area contributed by atoms with Crippen LogP contribution in [-0.4, -0.2) is 67.8 Å². The van der Waals surface area contributed by atoms with E-state index in [4.69, 9.17) is 5.11 Å². The van der Waals surface area contributed by atoms with E-state index in [1.165, 1.54) is 6.92 Å². The van der Waals surface area contributed by atoms with Gasteiger partial charge in [-0.2, -0.15) is 0 Å². The molecule has 1 atom stereocenters. The van der Waals surface area contributed by atoms with E-state index < -0.39 is 22.0 Å². The quantitative estimate of drug-likeness (QED) is 0.511. The van der Waals surface area contributed by atoms with Gasteiger partial charge in [0.25, 0.3) is 0 Å². The first-order chi connectivity index (χ1) is 10.6. The largest absolute Gasteiger partial charge is 0.480 e. The molecule has 3 N–H and O–H groups in total. The highest BCUT2D eigenvalue weighted by molar-refractivity contribution is 7.88. The first kappa shape index (κ1) is 18.2. The van der Waals surface area contributed by atoms with E-state index >= 15 is 0 Å². The van der Waals surface area contributed by atoms with Crippen LogP contribution in [0.2, 0.25) is 0 Å². The minimum atomic E-state index is -3.42. The molecule has 8 nitrogen and oxygen atoms in total. The van der Waals surface area contributed by atoms with Gasteiger partial charge in [0, 0.05) is 18.6 Å². The first-order valence-corrected chi connectivity index (χ1v) is 9.76. The van der Waals surface area contributed by atoms with Crippen LogP contribution in [0.25, 0.3) is 0 Å². The van der Waals surface area contributed by atoms with E-state index in [-0.39, 0.29) is 24.5 Å². The summed E-state index contributed by atoms with van der Waals surface area (Å²) in [7, 11) is -3.42. The molecule has 0 saturated heterocycles. The van der Waals surface area contributed by atoms with Crippen LogP contribution < -0.4 is 10.0 Å². The number of amides is 1. The van der Waals surface area contributed by atoms with Crippen molar-refractivity contribution in [3.05, 3.63) is 0 Å². The predicted molar refractivity (Wildman–Crippen MR) is 84.3 cm³/mol. The third-order valence-electron chi connectivity index (χ3n) is 4.29. The minimum Gasteiger partial charge on any atom is -0.480 e. The van der Waals surface area contributed by atoms with Gasteiger partial charge in [-0.1, -0.05) is 0 Å². The van der Waals surface area contributed by atoms with Crippen LogP contribution in [0.5, 0.6) is 0 Å². The van der Waals surface area contributed by atoms with Gasteiger partial charge >= 0.3 is 5.97 Å². The highest BCUT2D eigenvalue weighted by Gasteiger charge is 2.38. The summed E-state index contributed by atoms with van der Waals surface area (Å²) >= 11 is 0. The third kappa shape index (κ3) is 6.08. The van der Waals surface area contributed by atoms with Crippen LogP contribution in [-0.2, 0) is 19.6 Å². The van der Waals surface area contributed by atoms with E-state index in [0.29, 0.717) is 18.8 Å². The molecule has 2 fully saturated rings. The lowest BCUT2D eigenvalue weighted by molar-refractivity contribution is -0.140. The number of hydrogen-bond donors (Lipinski definition) is 3. The van der Waals surface area contributed by atoms with Crippen molar-refractivity contribution in [2.24, 2.45) is 5.92 Å². The van der Waals surface area contributed by atoms with Gasteiger partial charge in [0.05, 0.1) is 18.8 Å². The van der Waals surface area contributed by atoms with E-state index in [1.54, 1.807) is 0 Å². The number of rotatable bonds is 9. The molecule has 132 valence electrons. The monoisotopic (exact) mass is 347 g/mol. The Morgan fingerprint density at radius 3 is 2.39 bits per heavy atom. The summed E-state index contributed by atoms with van der Waals surface area (Å²) in [5.74, 6) is -0.572. The van der Waals surface area contributed by atoms with E-state index in [2.05, 4.69) is 10.0 Å². The van der Waals surface area contributed by atoms with Crippen molar-refractivity contribution in [3.8, 4) is 0 Å². The lowest BCUT2D eigenvalue weighted by Crippen LogP contribution is -2.57. The summed E-state index contributed by atoms with van der Waals surface area (Å²) in [6.07, 6.45) is 4.75. The van der Waals surface area contributed by atoms with Crippen LogP contribution in [0.15, 0.2) is 0 Å². The second kappa shape index (κ2) is 7.14. The Morgan fingerprint density at radius 2 is 1.91 bits per heavy atom. The number of sulfonamides is 1. The molecule has 2 rings (SSSR count). The standard InChI is InChI=1S/C14H25N3O5S/c1-9(16-23(2,21)22)14(20)15-11-5-12(6-11)17(8-13(18)19)7-10-3-4-10/h9-12,16H,3-8H2,1-2H3,(H,15,20)(H,18,19). The zero-order valence-electron chi connectivity index (χ0n) is 13.5. The predicted octanol–water partition coefficient (Wildman–Crippen LogP) is -0.632. The topological polar surface area (TPSA) is 116 Å². The average molecular weight is 347 g/mol. The van der Waals surface area contributed by atoms with Gasteiger partial charge in [0.2, 0.25) is 15.9 Å². The molecule has 0 radical (unpaired) electrons. The molecule has 2 aliphatic rings. The van der Waals surface area contributed by atoms with Gasteiger partial charge in [-0.05, 0) is 38.5 Å². The molecule has 2 saturated carbocycles.